The third-order valence-electron chi connectivity index (χ3n) is 5.78. The van der Waals surface area contributed by atoms with E-state index < -0.39 is 23.3 Å². The summed E-state index contributed by atoms with van der Waals surface area (Å²) in [6.07, 6.45) is 0. The molecule has 0 radical (unpaired) electrons. The lowest BCUT2D eigenvalue weighted by atomic mass is 9.67. The summed E-state index contributed by atoms with van der Waals surface area (Å²) in [5, 5.41) is 0. The molecule has 2 aromatic rings. The predicted octanol–water partition coefficient (Wildman–Crippen LogP) is 3.40. The zero-order valence-electron chi connectivity index (χ0n) is 18.9. The minimum Gasteiger partial charge on any atom is -0.462 e. The molecule has 0 fully saturated rings. The Balaban J connectivity index is 2.18. The van der Waals surface area contributed by atoms with Gasteiger partial charge in [0.2, 0.25) is 11.8 Å². The minimum absolute atomic E-state index is 0.0328. The molecule has 1 unspecified atom stereocenters. The van der Waals surface area contributed by atoms with E-state index in [1.54, 1.807) is 69.4 Å². The summed E-state index contributed by atoms with van der Waals surface area (Å²) in [6.45, 7) is 3.37. The molecule has 2 aliphatic heterocycles. The lowest BCUT2D eigenvalue weighted by Crippen LogP contribution is -2.50. The van der Waals surface area contributed by atoms with Crippen LogP contribution in [-0.4, -0.2) is 38.1 Å². The number of likely N-dealkylation sites (N-methyl/N-ethyl adjacent to an activating group) is 1. The number of hydrogen-bond acceptors (Lipinski definition) is 7. The highest BCUT2D eigenvalue weighted by molar-refractivity contribution is 9.10. The largest absolute Gasteiger partial charge is 0.462 e. The van der Waals surface area contributed by atoms with Gasteiger partial charge in [0.05, 0.1) is 13.2 Å². The van der Waals surface area contributed by atoms with Crippen molar-refractivity contribution >= 4 is 45.2 Å². The van der Waals surface area contributed by atoms with Gasteiger partial charge in [-0.2, -0.15) is 0 Å². The van der Waals surface area contributed by atoms with Gasteiger partial charge in [-0.05, 0) is 32.0 Å². The fourth-order valence-electron chi connectivity index (χ4n) is 4.45. The first-order chi connectivity index (χ1) is 16.3. The van der Waals surface area contributed by atoms with Crippen LogP contribution in [0.4, 0.5) is 5.69 Å². The van der Waals surface area contributed by atoms with Gasteiger partial charge in [-0.1, -0.05) is 46.3 Å². The molecule has 0 saturated carbocycles. The lowest BCUT2D eigenvalue weighted by molar-refractivity contribution is -0.143. The van der Waals surface area contributed by atoms with Crippen LogP contribution >= 0.6 is 15.9 Å². The lowest BCUT2D eigenvalue weighted by Gasteiger charge is -2.36. The van der Waals surface area contributed by atoms with Gasteiger partial charge in [0.15, 0.2) is 0 Å². The maximum Gasteiger partial charge on any atom is 0.341 e. The normalized spacial score (nSPS) is 19.3. The molecule has 2 heterocycles. The summed E-state index contributed by atoms with van der Waals surface area (Å²) >= 11 is 3.45. The first-order valence-electron chi connectivity index (χ1n) is 10.7. The van der Waals surface area contributed by atoms with Gasteiger partial charge in [-0.25, -0.2) is 9.59 Å². The number of amides is 1. The Morgan fingerprint density at radius 1 is 1.03 bits per heavy atom. The van der Waals surface area contributed by atoms with Crippen molar-refractivity contribution in [3.63, 3.8) is 0 Å². The maximum atomic E-state index is 14.1. The Bertz CT molecular complexity index is 1250. The zero-order chi connectivity index (χ0) is 24.6. The Morgan fingerprint density at radius 3 is 2.26 bits per heavy atom. The molecular weight excluding hydrogens is 504 g/mol. The standard InChI is InChI=1S/C25H23BrN2O6/c1-4-32-22(29)18-20(14-9-7-6-8-10-14)34-21(27)19(23(30)33-5-2)25(18)16-13-15(26)11-12-17(16)28(3)24(25)31/h6-13H,4-5,27H2,1-3H3. The second-order valence-corrected chi connectivity index (χ2v) is 8.54. The number of benzene rings is 2. The van der Waals surface area contributed by atoms with Gasteiger partial charge >= 0.3 is 11.9 Å². The first kappa shape index (κ1) is 23.6. The van der Waals surface area contributed by atoms with Gasteiger partial charge in [0.1, 0.15) is 22.3 Å². The zero-order valence-corrected chi connectivity index (χ0v) is 20.5. The number of anilines is 1. The Labute approximate surface area is 205 Å². The second kappa shape index (κ2) is 8.98. The summed E-state index contributed by atoms with van der Waals surface area (Å²) < 4.78 is 17.2. The Hall–Kier alpha value is -3.59. The first-order valence-corrected chi connectivity index (χ1v) is 11.5. The number of nitrogens with two attached hydrogens (primary N) is 1. The van der Waals surface area contributed by atoms with Crippen molar-refractivity contribution in [2.75, 3.05) is 25.2 Å². The van der Waals surface area contributed by atoms with E-state index in [-0.39, 0.29) is 36.0 Å². The number of fused-ring (bicyclic) bond motifs is 2. The van der Waals surface area contributed by atoms with Crippen molar-refractivity contribution in [3.8, 4) is 0 Å². The summed E-state index contributed by atoms with van der Waals surface area (Å²) in [4.78, 5) is 42.4. The molecule has 0 saturated heterocycles. The third-order valence-corrected chi connectivity index (χ3v) is 6.27. The van der Waals surface area contributed by atoms with Crippen molar-refractivity contribution < 1.29 is 28.6 Å². The van der Waals surface area contributed by atoms with Crippen molar-refractivity contribution in [1.29, 1.82) is 0 Å². The van der Waals surface area contributed by atoms with Gasteiger partial charge in [-0.15, -0.1) is 0 Å². The van der Waals surface area contributed by atoms with Crippen molar-refractivity contribution in [3.05, 3.63) is 81.2 Å². The quantitative estimate of drug-likeness (QED) is 0.594. The Morgan fingerprint density at radius 2 is 1.65 bits per heavy atom. The number of ether oxygens (including phenoxy) is 3. The van der Waals surface area contributed by atoms with Gasteiger partial charge in [-0.3, -0.25) is 4.79 Å². The molecule has 4 rings (SSSR count). The molecule has 1 atom stereocenters. The topological polar surface area (TPSA) is 108 Å². The number of halogens is 1. The summed E-state index contributed by atoms with van der Waals surface area (Å²) in [7, 11) is 1.57. The maximum absolute atomic E-state index is 14.1. The van der Waals surface area contributed by atoms with E-state index in [1.807, 2.05) is 0 Å². The van der Waals surface area contributed by atoms with Crippen LogP contribution in [0.15, 0.2) is 70.0 Å². The highest BCUT2D eigenvalue weighted by atomic mass is 79.9. The van der Waals surface area contributed by atoms with E-state index in [2.05, 4.69) is 15.9 Å². The summed E-state index contributed by atoms with van der Waals surface area (Å²) in [5.41, 5.74) is 5.39. The van der Waals surface area contributed by atoms with Crippen molar-refractivity contribution in [2.24, 2.45) is 5.73 Å². The smallest absolute Gasteiger partial charge is 0.341 e. The summed E-state index contributed by atoms with van der Waals surface area (Å²) in [6, 6.07) is 13.9. The van der Waals surface area contributed by atoms with E-state index in [1.165, 1.54) is 4.90 Å². The SMILES string of the molecule is CCOC(=O)C1=C(N)OC(c2ccccc2)=C(C(=O)OCC)C12C(=O)N(C)c1ccc(Br)cc12. The van der Waals surface area contributed by atoms with Crippen LogP contribution in [0.2, 0.25) is 0 Å². The fraction of sp³-hybridized carbons (Fsp3) is 0.240. The molecule has 9 heteroatoms. The molecule has 0 aliphatic carbocycles. The third kappa shape index (κ3) is 3.38. The molecule has 176 valence electrons. The van der Waals surface area contributed by atoms with Crippen molar-refractivity contribution in [1.82, 2.24) is 0 Å². The van der Waals surface area contributed by atoms with Crippen LogP contribution in [0.5, 0.6) is 0 Å². The highest BCUT2D eigenvalue weighted by Crippen LogP contribution is 2.56. The molecule has 0 bridgehead atoms. The molecule has 0 aromatic heterocycles. The van der Waals surface area contributed by atoms with Crippen LogP contribution in [0.1, 0.15) is 25.0 Å². The number of carbonyl (C=O) groups excluding carboxylic acids is 3. The average molecular weight is 527 g/mol. The highest BCUT2D eigenvalue weighted by Gasteiger charge is 2.64. The number of carbonyl (C=O) groups is 3. The molecule has 1 spiro atoms. The molecule has 34 heavy (non-hydrogen) atoms. The Kier molecular flexibility index (Phi) is 6.22. The summed E-state index contributed by atoms with van der Waals surface area (Å²) in [5.74, 6) is -2.49. The van der Waals surface area contributed by atoms with Crippen LogP contribution in [0.25, 0.3) is 5.76 Å². The monoisotopic (exact) mass is 526 g/mol. The molecule has 8 nitrogen and oxygen atoms in total. The number of rotatable bonds is 5. The van der Waals surface area contributed by atoms with E-state index >= 15 is 0 Å². The van der Waals surface area contributed by atoms with Crippen molar-refractivity contribution in [2.45, 2.75) is 19.3 Å². The van der Waals surface area contributed by atoms with Gasteiger partial charge in [0.25, 0.3) is 0 Å². The van der Waals surface area contributed by atoms with E-state index in [4.69, 9.17) is 19.9 Å². The van der Waals surface area contributed by atoms with Crippen LogP contribution in [0.3, 0.4) is 0 Å². The van der Waals surface area contributed by atoms with Crippen LogP contribution in [0, 0.1) is 0 Å². The van der Waals surface area contributed by atoms with Gasteiger partial charge in [0, 0.05) is 28.3 Å². The average Bonchev–Trinajstić information content (AvgIpc) is 3.01. The van der Waals surface area contributed by atoms with E-state index in [0.29, 0.717) is 21.3 Å². The second-order valence-electron chi connectivity index (χ2n) is 7.63. The molecule has 2 aromatic carbocycles. The van der Waals surface area contributed by atoms with Gasteiger partial charge < -0.3 is 24.8 Å². The molecule has 2 aliphatic rings. The minimum atomic E-state index is -1.93. The number of esters is 2. The molecule has 2 N–H and O–H groups in total. The fourth-order valence-corrected chi connectivity index (χ4v) is 4.81. The number of nitrogens with zero attached hydrogens (tertiary/aromatic N) is 1. The van der Waals surface area contributed by atoms with E-state index in [9.17, 15) is 14.4 Å². The predicted molar refractivity (Wildman–Crippen MR) is 128 cm³/mol. The number of hydrogen-bond donors (Lipinski definition) is 1. The van der Waals surface area contributed by atoms with Crippen LogP contribution in [-0.2, 0) is 34.0 Å². The molecule has 1 amide bonds. The molecular formula is C25H23BrN2O6. The van der Waals surface area contributed by atoms with E-state index in [0.717, 1.165) is 0 Å². The van der Waals surface area contributed by atoms with Crippen LogP contribution < -0.4 is 10.6 Å².